The summed E-state index contributed by atoms with van der Waals surface area (Å²) in [4.78, 5) is 158. The minimum absolute atomic E-state index is 0.0159. The molecular formula is C59H52N4O20. The van der Waals surface area contributed by atoms with Crippen molar-refractivity contribution in [1.82, 2.24) is 14.5 Å². The molecule has 1 fully saturated rings. The predicted octanol–water partition coefficient (Wildman–Crippen LogP) is 4.45. The van der Waals surface area contributed by atoms with Crippen LogP contribution in [0.2, 0.25) is 0 Å². The van der Waals surface area contributed by atoms with Crippen LogP contribution in [0.4, 0.5) is 5.82 Å². The Morgan fingerprint density at radius 2 is 0.976 bits per heavy atom. The third-order valence-corrected chi connectivity index (χ3v) is 12.9. The number of imide groups is 1. The number of aromatic nitrogens is 2. The van der Waals surface area contributed by atoms with Crippen molar-refractivity contribution in [3.63, 3.8) is 0 Å². The van der Waals surface area contributed by atoms with Gasteiger partial charge in [0.2, 0.25) is 0 Å². The maximum absolute atomic E-state index is 15.0. The summed E-state index contributed by atoms with van der Waals surface area (Å²) >= 11 is 0. The summed E-state index contributed by atoms with van der Waals surface area (Å²) in [7, 11) is 0. The van der Waals surface area contributed by atoms with Crippen LogP contribution >= 0.6 is 0 Å². The Hall–Kier alpha value is -10.2. The van der Waals surface area contributed by atoms with Gasteiger partial charge in [-0.2, -0.15) is 4.98 Å². The van der Waals surface area contributed by atoms with E-state index in [1.54, 1.807) is 36.4 Å². The lowest BCUT2D eigenvalue weighted by Crippen LogP contribution is -2.70. The van der Waals surface area contributed by atoms with Crippen molar-refractivity contribution in [1.29, 1.82) is 0 Å². The van der Waals surface area contributed by atoms with E-state index in [0.717, 1.165) is 40.0 Å². The Morgan fingerprint density at radius 3 is 1.46 bits per heavy atom. The molecule has 5 aromatic carbocycles. The molecule has 24 nitrogen and oxygen atoms in total. The van der Waals surface area contributed by atoms with Gasteiger partial charge in [-0.3, -0.25) is 43.0 Å². The van der Waals surface area contributed by atoms with Crippen LogP contribution in [0.25, 0.3) is 0 Å². The molecule has 2 aliphatic rings. The molecule has 10 atom stereocenters. The summed E-state index contributed by atoms with van der Waals surface area (Å²) < 4.78 is 48.1. The summed E-state index contributed by atoms with van der Waals surface area (Å²) in [5, 5.41) is 15.8. The topological polar surface area (TPSA) is 315 Å². The number of aliphatic hydroxyl groups excluding tert-OH is 1. The predicted molar refractivity (Wildman–Crippen MR) is 284 cm³/mol. The lowest BCUT2D eigenvalue weighted by atomic mass is 9.85. The van der Waals surface area contributed by atoms with Gasteiger partial charge in [-0.1, -0.05) is 84.9 Å². The maximum atomic E-state index is 15.0. The molecule has 24 heteroatoms. The number of rotatable bonds is 20. The summed E-state index contributed by atoms with van der Waals surface area (Å²) in [6, 6.07) is 34.0. The number of ether oxygens (including phenoxy) is 8. The molecule has 3 heterocycles. The van der Waals surface area contributed by atoms with E-state index in [4.69, 9.17) is 37.9 Å². The van der Waals surface area contributed by atoms with E-state index < -0.39 is 133 Å². The number of benzene rings is 5. The third kappa shape index (κ3) is 13.9. The highest BCUT2D eigenvalue weighted by atomic mass is 16.7. The molecule has 2 aliphatic heterocycles. The molecule has 1 aromatic heterocycles. The van der Waals surface area contributed by atoms with E-state index in [-0.39, 0.29) is 39.2 Å². The van der Waals surface area contributed by atoms with E-state index in [1.807, 2.05) is 0 Å². The lowest BCUT2D eigenvalue weighted by Gasteiger charge is -2.50. The van der Waals surface area contributed by atoms with Gasteiger partial charge in [0.25, 0.3) is 17.7 Å². The first-order chi connectivity index (χ1) is 39.8. The van der Waals surface area contributed by atoms with Crippen LogP contribution in [0.15, 0.2) is 163 Å². The molecule has 6 aromatic rings. The third-order valence-electron chi connectivity index (χ3n) is 12.9. The van der Waals surface area contributed by atoms with Gasteiger partial charge in [-0.25, -0.2) is 19.2 Å². The number of nitrogens with zero attached hydrogens (tertiary/aromatic N) is 3. The average Bonchev–Trinajstić information content (AvgIpc) is 4.03. The fourth-order valence-corrected chi connectivity index (χ4v) is 9.38. The van der Waals surface area contributed by atoms with Gasteiger partial charge in [0.05, 0.1) is 27.8 Å². The monoisotopic (exact) mass is 1140 g/mol. The molecule has 0 unspecified atom stereocenters. The van der Waals surface area contributed by atoms with Gasteiger partial charge < -0.3 is 48.3 Å². The van der Waals surface area contributed by atoms with Crippen LogP contribution in [0, 0.1) is 0 Å². The van der Waals surface area contributed by atoms with Gasteiger partial charge in [-0.15, -0.1) is 0 Å². The Bertz CT molecular complexity index is 3440. The highest BCUT2D eigenvalue weighted by molar-refractivity contribution is 6.21. The Kier molecular flexibility index (Phi) is 18.7. The summed E-state index contributed by atoms with van der Waals surface area (Å²) in [5.41, 5.74) is -1.77. The fraction of sp³-hybridized carbons (Fsp3) is 0.254. The van der Waals surface area contributed by atoms with Crippen LogP contribution in [-0.2, 0) is 57.1 Å². The second-order valence-electron chi connectivity index (χ2n) is 18.6. The molecule has 3 amide bonds. The van der Waals surface area contributed by atoms with Crippen molar-refractivity contribution in [2.24, 2.45) is 0 Å². The number of amides is 3. The SMILES string of the molecule is CC(=O)O[C@H]([C@H](OC(C)=O)[C@@H](O)[C@H]1O[C@@H](n2ccc(NC(=O)c3ccccc3)nc2=O)[C@H](OC(=O)c2ccccc2)[C@@H](OC(=O)c2ccccc2)[C@@H]1N1C(=O)c2ccccc2C1=O)[C@H](OC(C)=O)[C@@H](COC(=O)c1ccccc1)OC(C)=O. The highest BCUT2D eigenvalue weighted by Crippen LogP contribution is 2.41. The first-order valence-electron chi connectivity index (χ1n) is 25.5. The Labute approximate surface area is 471 Å². The molecule has 8 rings (SSSR count). The number of fused-ring (bicyclic) bond motifs is 1. The largest absolute Gasteiger partial charge is 0.458 e. The minimum Gasteiger partial charge on any atom is -0.458 e. The van der Waals surface area contributed by atoms with Crippen LogP contribution in [0.3, 0.4) is 0 Å². The number of hydrogen-bond acceptors (Lipinski definition) is 21. The standard InChI is InChI=1S/C59H52N4O20/c1-32(64)77-42(31-76-56(72)37-21-11-6-12-22-37)46(78-33(2)65)50(80-35(4)67)49(79-34(3)66)45(68)47-44(63-53(70)40-27-17-18-28-41(40)54(63)71)48(82-57(73)38-23-13-7-14-24-38)51(83-58(74)39-25-15-8-16-26-39)55(81-47)62-30-29-43(61-59(62)75)60-52(69)36-19-9-5-10-20-36/h5-30,42,44-51,55,68H,31H2,1-4H3,(H,60,61,69,75)/t42-,44-,45+,46-,47+,48+,49-,50+,51-,55-/m1/s1. The van der Waals surface area contributed by atoms with Crippen molar-refractivity contribution in [2.75, 3.05) is 11.9 Å². The number of carbonyl (C=O) groups is 10. The number of aliphatic hydroxyl groups is 1. The smallest absolute Gasteiger partial charge is 0.351 e. The first-order valence-corrected chi connectivity index (χ1v) is 25.5. The van der Waals surface area contributed by atoms with Crippen LogP contribution in [0.1, 0.15) is 96.1 Å². The highest BCUT2D eigenvalue weighted by Gasteiger charge is 2.62. The number of anilines is 1. The molecule has 0 spiro atoms. The number of hydrogen-bond donors (Lipinski definition) is 2. The number of esters is 7. The average molecular weight is 1140 g/mol. The van der Waals surface area contributed by atoms with Gasteiger partial charge in [0, 0.05) is 39.5 Å². The molecule has 1 saturated heterocycles. The van der Waals surface area contributed by atoms with E-state index in [2.05, 4.69) is 10.3 Å². The summed E-state index contributed by atoms with van der Waals surface area (Å²) in [5.74, 6) is -11.3. The van der Waals surface area contributed by atoms with E-state index >= 15 is 0 Å². The van der Waals surface area contributed by atoms with Crippen molar-refractivity contribution in [3.8, 4) is 0 Å². The quantitative estimate of drug-likeness (QED) is 0.0606. The summed E-state index contributed by atoms with van der Waals surface area (Å²) in [6.07, 6.45) is -19.7. The van der Waals surface area contributed by atoms with Gasteiger partial charge in [-0.05, 0) is 66.7 Å². The normalized spacial score (nSPS) is 19.0. The Morgan fingerprint density at radius 1 is 0.542 bits per heavy atom. The molecular weight excluding hydrogens is 1080 g/mol. The van der Waals surface area contributed by atoms with Crippen molar-refractivity contribution in [2.45, 2.75) is 88.8 Å². The first kappa shape index (κ1) is 58.9. The Balaban J connectivity index is 1.35. The molecule has 428 valence electrons. The van der Waals surface area contributed by atoms with Gasteiger partial charge >= 0.3 is 47.5 Å². The van der Waals surface area contributed by atoms with Gasteiger partial charge in [0.1, 0.15) is 30.7 Å². The van der Waals surface area contributed by atoms with Gasteiger partial charge in [0.15, 0.2) is 42.9 Å². The van der Waals surface area contributed by atoms with Crippen LogP contribution in [0.5, 0.6) is 0 Å². The second kappa shape index (κ2) is 26.4. The molecule has 0 aliphatic carbocycles. The number of nitrogens with one attached hydrogen (secondary N) is 1. The zero-order valence-electron chi connectivity index (χ0n) is 44.5. The zero-order chi connectivity index (χ0) is 59.5. The molecule has 83 heavy (non-hydrogen) atoms. The van der Waals surface area contributed by atoms with E-state index in [1.165, 1.54) is 109 Å². The second-order valence-corrected chi connectivity index (χ2v) is 18.6. The summed E-state index contributed by atoms with van der Waals surface area (Å²) in [6.45, 7) is 2.55. The molecule has 0 bridgehead atoms. The van der Waals surface area contributed by atoms with E-state index in [0.29, 0.717) is 9.47 Å². The van der Waals surface area contributed by atoms with Crippen molar-refractivity contribution < 1.29 is 90.9 Å². The lowest BCUT2D eigenvalue weighted by molar-refractivity contribution is -0.263. The zero-order valence-corrected chi connectivity index (χ0v) is 44.5. The van der Waals surface area contributed by atoms with E-state index in [9.17, 15) is 57.8 Å². The van der Waals surface area contributed by atoms with Crippen molar-refractivity contribution in [3.05, 3.63) is 202 Å². The molecule has 0 radical (unpaired) electrons. The minimum atomic E-state index is -2.68. The molecule has 0 saturated carbocycles. The van der Waals surface area contributed by atoms with Crippen LogP contribution in [-0.4, -0.2) is 141 Å². The maximum Gasteiger partial charge on any atom is 0.351 e. The fourth-order valence-electron chi connectivity index (χ4n) is 9.38. The van der Waals surface area contributed by atoms with Crippen LogP contribution < -0.4 is 11.0 Å². The molecule has 2 N–H and O–H groups in total. The number of carbonyl (C=O) groups excluding carboxylic acids is 10. The van der Waals surface area contributed by atoms with Crippen molar-refractivity contribution >= 4 is 65.3 Å².